The number of carbonyl (C=O) groups is 2. The second-order valence-electron chi connectivity index (χ2n) is 3.89. The van der Waals surface area contributed by atoms with Crippen molar-refractivity contribution in [3.63, 3.8) is 0 Å². The first kappa shape index (κ1) is 12.7. The van der Waals surface area contributed by atoms with Crippen molar-refractivity contribution in [2.75, 3.05) is 0 Å². The minimum Gasteiger partial charge on any atom is -0.478 e. The Kier molecular flexibility index (Phi) is 2.96. The zero-order valence-electron chi connectivity index (χ0n) is 9.73. The van der Waals surface area contributed by atoms with Gasteiger partial charge < -0.3 is 10.2 Å². The largest absolute Gasteiger partial charge is 0.478 e. The van der Waals surface area contributed by atoms with Crippen LogP contribution < -0.4 is 0 Å². The minimum atomic E-state index is -1.30. The number of nitrogens with zero attached hydrogens (tertiary/aromatic N) is 2. The van der Waals surface area contributed by atoms with Crippen LogP contribution in [0.1, 0.15) is 20.7 Å². The van der Waals surface area contributed by atoms with Gasteiger partial charge in [-0.2, -0.15) is 8.75 Å². The molecule has 3 rings (SSSR count). The molecule has 1 aromatic carbocycles. The summed E-state index contributed by atoms with van der Waals surface area (Å²) in [5.41, 5.74) is 0.595. The fourth-order valence-corrected chi connectivity index (χ4v) is 3.29. The normalized spacial score (nSPS) is 10.8. The van der Waals surface area contributed by atoms with Gasteiger partial charge in [0.2, 0.25) is 0 Å². The molecular formula is C12H6N2O4S2. The highest BCUT2D eigenvalue weighted by atomic mass is 32.1. The van der Waals surface area contributed by atoms with Crippen LogP contribution in [-0.2, 0) is 0 Å². The molecule has 0 bridgehead atoms. The van der Waals surface area contributed by atoms with E-state index in [1.165, 1.54) is 17.4 Å². The Balaban J connectivity index is 2.50. The number of thiophene rings is 1. The zero-order chi connectivity index (χ0) is 14.3. The molecule has 6 nitrogen and oxygen atoms in total. The van der Waals surface area contributed by atoms with E-state index in [1.54, 1.807) is 17.5 Å². The summed E-state index contributed by atoms with van der Waals surface area (Å²) in [6.45, 7) is 0. The number of hydrogen-bond donors (Lipinski definition) is 2. The summed E-state index contributed by atoms with van der Waals surface area (Å²) in [5.74, 6) is -2.59. The molecule has 2 aromatic heterocycles. The van der Waals surface area contributed by atoms with E-state index in [9.17, 15) is 19.8 Å². The quantitative estimate of drug-likeness (QED) is 0.771. The van der Waals surface area contributed by atoms with E-state index in [4.69, 9.17) is 0 Å². The maximum absolute atomic E-state index is 11.5. The Bertz CT molecular complexity index is 823. The molecule has 0 fully saturated rings. The van der Waals surface area contributed by atoms with Gasteiger partial charge in [-0.05, 0) is 17.5 Å². The molecule has 0 spiro atoms. The number of carboxylic acids is 2. The third-order valence-corrected chi connectivity index (χ3v) is 4.19. The molecule has 2 heterocycles. The smallest absolute Gasteiger partial charge is 0.337 e. The molecule has 0 aliphatic heterocycles. The Morgan fingerprint density at radius 1 is 1.15 bits per heavy atom. The van der Waals surface area contributed by atoms with Gasteiger partial charge in [-0.1, -0.05) is 6.07 Å². The summed E-state index contributed by atoms with van der Waals surface area (Å²) in [4.78, 5) is 23.5. The topological polar surface area (TPSA) is 100 Å². The van der Waals surface area contributed by atoms with Gasteiger partial charge in [-0.3, -0.25) is 0 Å². The fraction of sp³-hybridized carbons (Fsp3) is 0. The average Bonchev–Trinajstić information content (AvgIpc) is 3.07. The van der Waals surface area contributed by atoms with Gasteiger partial charge in [0, 0.05) is 10.4 Å². The first-order chi connectivity index (χ1) is 9.59. The van der Waals surface area contributed by atoms with Gasteiger partial charge >= 0.3 is 11.9 Å². The Morgan fingerprint density at radius 2 is 1.95 bits per heavy atom. The van der Waals surface area contributed by atoms with Crippen molar-refractivity contribution in [2.24, 2.45) is 0 Å². The molecule has 0 saturated carbocycles. The number of aromatic nitrogens is 2. The van der Waals surface area contributed by atoms with Crippen LogP contribution in [0.25, 0.3) is 21.5 Å². The van der Waals surface area contributed by atoms with E-state index in [2.05, 4.69) is 8.75 Å². The first-order valence-electron chi connectivity index (χ1n) is 5.39. The third-order valence-electron chi connectivity index (χ3n) is 2.76. The molecule has 0 aliphatic rings. The van der Waals surface area contributed by atoms with Gasteiger partial charge in [0.15, 0.2) is 0 Å². The number of fused-ring (bicyclic) bond motifs is 1. The highest BCUT2D eigenvalue weighted by Gasteiger charge is 2.26. The van der Waals surface area contributed by atoms with E-state index in [1.807, 2.05) is 0 Å². The summed E-state index contributed by atoms with van der Waals surface area (Å²) in [6.07, 6.45) is 0. The lowest BCUT2D eigenvalue weighted by atomic mass is 9.98. The number of benzene rings is 1. The second kappa shape index (κ2) is 4.66. The summed E-state index contributed by atoms with van der Waals surface area (Å²) in [7, 11) is 0. The van der Waals surface area contributed by atoms with Crippen molar-refractivity contribution in [2.45, 2.75) is 0 Å². The molecule has 0 radical (unpaired) electrons. The summed E-state index contributed by atoms with van der Waals surface area (Å²) < 4.78 is 8.11. The highest BCUT2D eigenvalue weighted by molar-refractivity contribution is 7.13. The molecule has 3 aromatic rings. The molecule has 0 unspecified atom stereocenters. The SMILES string of the molecule is O=C(O)c1cc2nsnc2c(-c2cccs2)c1C(=O)O. The van der Waals surface area contributed by atoms with E-state index < -0.39 is 11.9 Å². The van der Waals surface area contributed by atoms with Crippen molar-refractivity contribution in [3.8, 4) is 10.4 Å². The van der Waals surface area contributed by atoms with Crippen LogP contribution in [0.15, 0.2) is 23.6 Å². The van der Waals surface area contributed by atoms with Gasteiger partial charge in [0.25, 0.3) is 0 Å². The second-order valence-corrected chi connectivity index (χ2v) is 5.37. The van der Waals surface area contributed by atoms with Crippen molar-refractivity contribution in [3.05, 3.63) is 34.7 Å². The minimum absolute atomic E-state index is 0.250. The van der Waals surface area contributed by atoms with Gasteiger partial charge in [0.05, 0.1) is 22.9 Å². The Hall–Kier alpha value is -2.32. The Morgan fingerprint density at radius 3 is 2.55 bits per heavy atom. The van der Waals surface area contributed by atoms with Gasteiger partial charge in [0.1, 0.15) is 11.0 Å². The molecule has 0 saturated heterocycles. The lowest BCUT2D eigenvalue weighted by molar-refractivity contribution is 0.0652. The van der Waals surface area contributed by atoms with Crippen LogP contribution in [0.3, 0.4) is 0 Å². The molecule has 20 heavy (non-hydrogen) atoms. The van der Waals surface area contributed by atoms with Crippen molar-refractivity contribution in [1.82, 2.24) is 8.75 Å². The number of hydrogen-bond acceptors (Lipinski definition) is 6. The predicted molar refractivity (Wildman–Crippen MR) is 74.6 cm³/mol. The number of aromatic carboxylic acids is 2. The van der Waals surface area contributed by atoms with Gasteiger partial charge in [-0.25, -0.2) is 9.59 Å². The predicted octanol–water partition coefficient (Wildman–Crippen LogP) is 2.82. The molecule has 8 heteroatoms. The van der Waals surface area contributed by atoms with E-state index in [0.29, 0.717) is 21.5 Å². The van der Waals surface area contributed by atoms with Crippen LogP contribution >= 0.6 is 23.1 Å². The fourth-order valence-electron chi connectivity index (χ4n) is 1.98. The van der Waals surface area contributed by atoms with Crippen molar-refractivity contribution in [1.29, 1.82) is 0 Å². The molecule has 0 amide bonds. The Labute approximate surface area is 120 Å². The summed E-state index contributed by atoms with van der Waals surface area (Å²) in [5, 5.41) is 20.4. The van der Waals surface area contributed by atoms with Crippen LogP contribution in [-0.4, -0.2) is 30.9 Å². The average molecular weight is 306 g/mol. The lowest BCUT2D eigenvalue weighted by Gasteiger charge is -2.08. The van der Waals surface area contributed by atoms with Crippen LogP contribution in [0.4, 0.5) is 0 Å². The number of carboxylic acid groups (broad SMARTS) is 2. The number of rotatable bonds is 3. The van der Waals surface area contributed by atoms with Crippen LogP contribution in [0.5, 0.6) is 0 Å². The summed E-state index contributed by atoms with van der Waals surface area (Å²) >= 11 is 2.25. The van der Waals surface area contributed by atoms with Crippen molar-refractivity contribution >= 4 is 46.0 Å². The van der Waals surface area contributed by atoms with E-state index in [0.717, 1.165) is 11.7 Å². The van der Waals surface area contributed by atoms with Crippen molar-refractivity contribution < 1.29 is 19.8 Å². The van der Waals surface area contributed by atoms with E-state index >= 15 is 0 Å². The lowest BCUT2D eigenvalue weighted by Crippen LogP contribution is -2.10. The van der Waals surface area contributed by atoms with Crippen LogP contribution in [0.2, 0.25) is 0 Å². The summed E-state index contributed by atoms with van der Waals surface area (Å²) in [6, 6.07) is 4.75. The highest BCUT2D eigenvalue weighted by Crippen LogP contribution is 2.36. The molecule has 100 valence electrons. The standard InChI is InChI=1S/C12H6N2O4S2/c15-11(16)5-4-6-10(14-20-13-6)9(8(5)12(17)18)7-2-1-3-19-7/h1-4H,(H,15,16)(H,17,18). The molecular weight excluding hydrogens is 300 g/mol. The van der Waals surface area contributed by atoms with E-state index in [-0.39, 0.29) is 11.1 Å². The maximum atomic E-state index is 11.5. The third kappa shape index (κ3) is 1.86. The maximum Gasteiger partial charge on any atom is 0.337 e. The van der Waals surface area contributed by atoms with Gasteiger partial charge in [-0.15, -0.1) is 11.3 Å². The van der Waals surface area contributed by atoms with Crippen LogP contribution in [0, 0.1) is 0 Å². The molecule has 0 aliphatic carbocycles. The monoisotopic (exact) mass is 306 g/mol. The zero-order valence-corrected chi connectivity index (χ0v) is 11.4. The molecule has 2 N–H and O–H groups in total. The first-order valence-corrected chi connectivity index (χ1v) is 7.00. The molecule has 0 atom stereocenters.